The number of halogens is 4. The van der Waals surface area contributed by atoms with Gasteiger partial charge in [0.05, 0.1) is 11.1 Å². The number of pyridine rings is 1. The molecule has 0 saturated heterocycles. The van der Waals surface area contributed by atoms with Gasteiger partial charge in [0.25, 0.3) is 0 Å². The Morgan fingerprint density at radius 1 is 0.862 bits per heavy atom. The van der Waals surface area contributed by atoms with E-state index >= 15 is 0 Å². The molecule has 0 amide bonds. The second-order valence-electron chi connectivity index (χ2n) is 6.46. The molecular weight excluding hydrogens is 382 g/mol. The van der Waals surface area contributed by atoms with Crippen molar-refractivity contribution in [3.05, 3.63) is 102 Å². The molecule has 0 radical (unpaired) electrons. The van der Waals surface area contributed by atoms with Crippen molar-refractivity contribution in [2.24, 2.45) is 0 Å². The highest BCUT2D eigenvalue weighted by Gasteiger charge is 2.35. The van der Waals surface area contributed by atoms with E-state index in [1.807, 2.05) is 0 Å². The van der Waals surface area contributed by atoms with Crippen molar-refractivity contribution in [3.8, 4) is 11.1 Å². The Hall–Kier alpha value is -3.54. The van der Waals surface area contributed by atoms with Gasteiger partial charge in [-0.25, -0.2) is 4.39 Å². The average Bonchev–Trinajstić information content (AvgIpc) is 2.72. The zero-order chi connectivity index (χ0) is 20.6. The topological polar surface area (TPSA) is 30.0 Å². The molecule has 4 rings (SSSR count). The van der Waals surface area contributed by atoms with Crippen molar-refractivity contribution in [3.63, 3.8) is 0 Å². The molecule has 6 heteroatoms. The number of hydrogen-bond donors (Lipinski definition) is 0. The summed E-state index contributed by atoms with van der Waals surface area (Å²) < 4.78 is 54.6. The third-order valence-corrected chi connectivity index (χ3v) is 4.58. The third kappa shape index (κ3) is 3.49. The highest BCUT2D eigenvalue weighted by Crippen LogP contribution is 2.39. The van der Waals surface area contributed by atoms with E-state index < -0.39 is 28.9 Å². The van der Waals surface area contributed by atoms with E-state index in [1.54, 1.807) is 60.7 Å². The van der Waals surface area contributed by atoms with Gasteiger partial charge < -0.3 is 0 Å². The maximum Gasteiger partial charge on any atom is 0.418 e. The molecule has 3 aromatic carbocycles. The van der Waals surface area contributed by atoms with Gasteiger partial charge in [-0.05, 0) is 17.7 Å². The predicted octanol–water partition coefficient (Wildman–Crippen LogP) is 6.29. The van der Waals surface area contributed by atoms with Crippen LogP contribution in [0.1, 0.15) is 21.5 Å². The van der Waals surface area contributed by atoms with Crippen molar-refractivity contribution < 1.29 is 22.4 Å². The van der Waals surface area contributed by atoms with Crippen LogP contribution in [-0.2, 0) is 6.18 Å². The molecule has 0 atom stereocenters. The normalized spacial score (nSPS) is 11.6. The van der Waals surface area contributed by atoms with Gasteiger partial charge in [-0.2, -0.15) is 13.2 Å². The van der Waals surface area contributed by atoms with E-state index in [1.165, 1.54) is 0 Å². The van der Waals surface area contributed by atoms with E-state index in [9.17, 15) is 22.4 Å². The van der Waals surface area contributed by atoms with E-state index in [0.29, 0.717) is 17.2 Å². The highest BCUT2D eigenvalue weighted by molar-refractivity contribution is 6.16. The number of alkyl halides is 3. The SMILES string of the molecule is O=C(c1ccccc1)c1cnc2c(C(F)(F)F)cc(F)cc2c1-c1ccccc1. The van der Waals surface area contributed by atoms with E-state index in [0.717, 1.165) is 12.3 Å². The summed E-state index contributed by atoms with van der Waals surface area (Å²) in [6.07, 6.45) is -3.65. The Labute approximate surface area is 163 Å². The molecule has 0 bridgehead atoms. The molecule has 1 aromatic heterocycles. The standard InChI is InChI=1S/C23H13F4NO/c24-16-11-17-20(14-7-3-1-4-8-14)18(22(29)15-9-5-2-6-10-15)13-28-21(17)19(12-16)23(25,26)27/h1-13H. The average molecular weight is 395 g/mol. The van der Waals surface area contributed by atoms with Crippen molar-refractivity contribution in [2.45, 2.75) is 6.18 Å². The molecule has 29 heavy (non-hydrogen) atoms. The smallest absolute Gasteiger partial charge is 0.289 e. The van der Waals surface area contributed by atoms with Crippen LogP contribution in [0.25, 0.3) is 22.0 Å². The lowest BCUT2D eigenvalue weighted by atomic mass is 9.91. The number of carbonyl (C=O) groups excluding carboxylic acids is 1. The molecule has 0 spiro atoms. The number of ketones is 1. The number of benzene rings is 3. The Morgan fingerprint density at radius 3 is 2.10 bits per heavy atom. The van der Waals surface area contributed by atoms with Crippen LogP contribution < -0.4 is 0 Å². The summed E-state index contributed by atoms with van der Waals surface area (Å²) in [7, 11) is 0. The Morgan fingerprint density at radius 2 is 1.48 bits per heavy atom. The van der Waals surface area contributed by atoms with Crippen LogP contribution in [-0.4, -0.2) is 10.8 Å². The minimum absolute atomic E-state index is 0.0645. The first-order valence-electron chi connectivity index (χ1n) is 8.71. The molecular formula is C23H13F4NO. The second-order valence-corrected chi connectivity index (χ2v) is 6.46. The first kappa shape index (κ1) is 18.8. The maximum absolute atomic E-state index is 14.2. The number of nitrogens with zero attached hydrogens (tertiary/aromatic N) is 1. The van der Waals surface area contributed by atoms with Gasteiger partial charge in [-0.3, -0.25) is 9.78 Å². The van der Waals surface area contributed by atoms with E-state index in [4.69, 9.17) is 0 Å². The highest BCUT2D eigenvalue weighted by atomic mass is 19.4. The number of fused-ring (bicyclic) bond motifs is 1. The minimum Gasteiger partial charge on any atom is -0.289 e. The van der Waals surface area contributed by atoms with E-state index in [2.05, 4.69) is 4.98 Å². The monoisotopic (exact) mass is 395 g/mol. The minimum atomic E-state index is -4.79. The first-order chi connectivity index (χ1) is 13.9. The van der Waals surface area contributed by atoms with Gasteiger partial charge >= 0.3 is 6.18 Å². The van der Waals surface area contributed by atoms with Gasteiger partial charge in [-0.15, -0.1) is 0 Å². The fourth-order valence-corrected chi connectivity index (χ4v) is 3.32. The van der Waals surface area contributed by atoms with Crippen molar-refractivity contribution in [2.75, 3.05) is 0 Å². The summed E-state index contributed by atoms with van der Waals surface area (Å²) in [4.78, 5) is 17.0. The van der Waals surface area contributed by atoms with E-state index in [-0.39, 0.29) is 16.5 Å². The molecule has 0 aliphatic rings. The van der Waals surface area contributed by atoms with Crippen LogP contribution in [0.15, 0.2) is 79.0 Å². The van der Waals surface area contributed by atoms with Crippen LogP contribution >= 0.6 is 0 Å². The number of aromatic nitrogens is 1. The van der Waals surface area contributed by atoms with Crippen molar-refractivity contribution in [1.82, 2.24) is 4.98 Å². The van der Waals surface area contributed by atoms with Crippen LogP contribution in [0.5, 0.6) is 0 Å². The summed E-state index contributed by atoms with van der Waals surface area (Å²) >= 11 is 0. The molecule has 0 fully saturated rings. The molecule has 1 heterocycles. The quantitative estimate of drug-likeness (QED) is 0.301. The Bertz CT molecular complexity index is 1200. The molecule has 4 aromatic rings. The molecule has 144 valence electrons. The Kier molecular flexibility index (Phi) is 4.62. The summed E-state index contributed by atoms with van der Waals surface area (Å²) in [6.45, 7) is 0. The predicted molar refractivity (Wildman–Crippen MR) is 102 cm³/mol. The van der Waals surface area contributed by atoms with Crippen LogP contribution in [0.3, 0.4) is 0 Å². The molecule has 0 N–H and O–H groups in total. The third-order valence-electron chi connectivity index (χ3n) is 4.58. The van der Waals surface area contributed by atoms with Crippen molar-refractivity contribution in [1.29, 1.82) is 0 Å². The fraction of sp³-hybridized carbons (Fsp3) is 0.0435. The lowest BCUT2D eigenvalue weighted by Gasteiger charge is -2.16. The summed E-state index contributed by atoms with van der Waals surface area (Å²) in [5.74, 6) is -1.45. The van der Waals surface area contributed by atoms with Crippen LogP contribution in [0.2, 0.25) is 0 Å². The van der Waals surface area contributed by atoms with Gasteiger partial charge in [0.15, 0.2) is 5.78 Å². The fourth-order valence-electron chi connectivity index (χ4n) is 3.32. The molecule has 0 unspecified atom stereocenters. The summed E-state index contributed by atoms with van der Waals surface area (Å²) in [5.41, 5.74) is -0.398. The number of rotatable bonds is 3. The lowest BCUT2D eigenvalue weighted by molar-refractivity contribution is -0.136. The summed E-state index contributed by atoms with van der Waals surface area (Å²) in [6, 6.07) is 18.2. The first-order valence-corrected chi connectivity index (χ1v) is 8.71. The van der Waals surface area contributed by atoms with Gasteiger partial charge in [0.1, 0.15) is 5.82 Å². The van der Waals surface area contributed by atoms with Gasteiger partial charge in [0, 0.05) is 28.3 Å². The second kappa shape index (κ2) is 7.13. The molecule has 2 nitrogen and oxygen atoms in total. The van der Waals surface area contributed by atoms with Crippen LogP contribution in [0.4, 0.5) is 17.6 Å². The zero-order valence-corrected chi connectivity index (χ0v) is 14.9. The number of hydrogen-bond acceptors (Lipinski definition) is 2. The van der Waals surface area contributed by atoms with Gasteiger partial charge in [0.2, 0.25) is 0 Å². The summed E-state index contributed by atoms with van der Waals surface area (Å²) in [5, 5.41) is -0.0645. The molecule has 0 aliphatic carbocycles. The maximum atomic E-state index is 14.2. The zero-order valence-electron chi connectivity index (χ0n) is 14.9. The Balaban J connectivity index is 2.09. The number of carbonyl (C=O) groups is 1. The largest absolute Gasteiger partial charge is 0.418 e. The van der Waals surface area contributed by atoms with Crippen LogP contribution in [0, 0.1) is 5.82 Å². The molecule has 0 aliphatic heterocycles. The molecule has 0 saturated carbocycles. The van der Waals surface area contributed by atoms with Gasteiger partial charge in [-0.1, -0.05) is 60.7 Å². The lowest BCUT2D eigenvalue weighted by Crippen LogP contribution is -2.10. The van der Waals surface area contributed by atoms with Crippen molar-refractivity contribution >= 4 is 16.7 Å².